The molecule has 8 nitrogen and oxygen atoms in total. The van der Waals surface area contributed by atoms with Gasteiger partial charge in [-0.1, -0.05) is 18.0 Å². The topological polar surface area (TPSA) is 102 Å². The van der Waals surface area contributed by atoms with Crippen molar-refractivity contribution in [3.63, 3.8) is 0 Å². The maximum atomic E-state index is 13.9. The van der Waals surface area contributed by atoms with Crippen LogP contribution >= 0.6 is 0 Å². The molecule has 2 aliphatic carbocycles. The number of ether oxygens (including phenoxy) is 1. The molecule has 6 rings (SSSR count). The predicted molar refractivity (Wildman–Crippen MR) is 125 cm³/mol. The summed E-state index contributed by atoms with van der Waals surface area (Å²) >= 11 is 0. The van der Waals surface area contributed by atoms with Crippen molar-refractivity contribution in [1.82, 2.24) is 15.1 Å². The van der Waals surface area contributed by atoms with Gasteiger partial charge in [0.2, 0.25) is 0 Å². The monoisotopic (exact) mass is 520 g/mol. The van der Waals surface area contributed by atoms with E-state index in [9.17, 15) is 18.0 Å². The third kappa shape index (κ3) is 4.82. The van der Waals surface area contributed by atoms with E-state index in [0.717, 1.165) is 56.3 Å². The Hall–Kier alpha value is -2.69. The Kier molecular flexibility index (Phi) is 6.37. The maximum absolute atomic E-state index is 13.9. The molecule has 0 aromatic carbocycles. The lowest BCUT2D eigenvalue weighted by Gasteiger charge is -2.39. The zero-order valence-electron chi connectivity index (χ0n) is 20.5. The first-order chi connectivity index (χ1) is 17.8. The summed E-state index contributed by atoms with van der Waals surface area (Å²) in [6.07, 6.45) is 5.93. The van der Waals surface area contributed by atoms with E-state index < -0.39 is 24.0 Å². The molecule has 2 saturated carbocycles. The van der Waals surface area contributed by atoms with Crippen LogP contribution in [0.15, 0.2) is 16.9 Å². The molecule has 4 fully saturated rings. The third-order valence-electron chi connectivity index (χ3n) is 8.61. The molecule has 4 aliphatic rings. The fourth-order valence-electron chi connectivity index (χ4n) is 6.69. The second kappa shape index (κ2) is 9.56. The zero-order chi connectivity index (χ0) is 25.7. The van der Waals surface area contributed by atoms with Gasteiger partial charge in [-0.3, -0.25) is 0 Å². The van der Waals surface area contributed by atoms with Crippen LogP contribution in [0.4, 0.5) is 19.0 Å². The second-order valence-corrected chi connectivity index (χ2v) is 11.0. The van der Waals surface area contributed by atoms with Crippen molar-refractivity contribution in [2.75, 3.05) is 4.90 Å². The molecule has 2 saturated heterocycles. The van der Waals surface area contributed by atoms with E-state index in [1.54, 1.807) is 0 Å². The summed E-state index contributed by atoms with van der Waals surface area (Å²) in [5.74, 6) is -1.54. The first-order valence-electron chi connectivity index (χ1n) is 13.3. The Morgan fingerprint density at radius 3 is 2.41 bits per heavy atom. The van der Waals surface area contributed by atoms with Crippen molar-refractivity contribution in [3.8, 4) is 0 Å². The predicted octanol–water partition coefficient (Wildman–Crippen LogP) is 5.59. The van der Waals surface area contributed by atoms with Crippen LogP contribution in [0.5, 0.6) is 0 Å². The molecule has 2 aromatic rings. The Morgan fingerprint density at radius 1 is 1.05 bits per heavy atom. The number of rotatable bonds is 7. The van der Waals surface area contributed by atoms with Crippen LogP contribution in [0.2, 0.25) is 0 Å². The number of anilines is 1. The largest absolute Gasteiger partial charge is 0.476 e. The summed E-state index contributed by atoms with van der Waals surface area (Å²) in [7, 11) is 0. The maximum Gasteiger partial charge on any atom is 0.392 e. The van der Waals surface area contributed by atoms with Gasteiger partial charge in [-0.05, 0) is 51.4 Å². The molecule has 200 valence electrons. The number of alkyl halides is 3. The highest BCUT2D eigenvalue weighted by molar-refractivity contribution is 5.84. The molecule has 2 aliphatic heterocycles. The van der Waals surface area contributed by atoms with Crippen LogP contribution in [0, 0.1) is 5.92 Å². The molecule has 4 heterocycles. The standard InChI is InChI=1S/C26H31F3N4O4/c27-26(28,29)20-4-2-1-3-18(20)23-19(24(37-32-23)14-5-6-14)13-36-17-9-15-7-8-16(10-17)33(15)22-12-30-21(11-31-22)25(34)35/h11-12,14-18,20H,1-10,13H2,(H,34,35). The number of hydrogen-bond acceptors (Lipinski definition) is 7. The van der Waals surface area contributed by atoms with E-state index in [2.05, 4.69) is 20.0 Å². The van der Waals surface area contributed by atoms with Gasteiger partial charge in [-0.15, -0.1) is 0 Å². The number of carboxylic acid groups (broad SMARTS) is 1. The summed E-state index contributed by atoms with van der Waals surface area (Å²) in [4.78, 5) is 21.7. The Labute approximate surface area is 212 Å². The van der Waals surface area contributed by atoms with Crippen molar-refractivity contribution >= 4 is 11.8 Å². The van der Waals surface area contributed by atoms with E-state index >= 15 is 0 Å². The van der Waals surface area contributed by atoms with Gasteiger partial charge in [0.15, 0.2) is 5.69 Å². The minimum atomic E-state index is -4.25. The van der Waals surface area contributed by atoms with E-state index in [1.807, 2.05) is 0 Å². The van der Waals surface area contributed by atoms with Crippen molar-refractivity contribution in [1.29, 1.82) is 0 Å². The number of carbonyl (C=O) groups is 1. The summed E-state index contributed by atoms with van der Waals surface area (Å²) in [6, 6.07) is 0.401. The quantitative estimate of drug-likeness (QED) is 0.504. The lowest BCUT2D eigenvalue weighted by Crippen LogP contribution is -2.46. The van der Waals surface area contributed by atoms with Crippen molar-refractivity contribution in [2.24, 2.45) is 5.92 Å². The van der Waals surface area contributed by atoms with Gasteiger partial charge in [0, 0.05) is 29.5 Å². The number of carboxylic acids is 1. The number of aromatic carboxylic acids is 1. The lowest BCUT2D eigenvalue weighted by atomic mass is 9.76. The summed E-state index contributed by atoms with van der Waals surface area (Å²) in [6.45, 7) is 0.225. The number of halogens is 3. The number of piperidine rings is 1. The number of aromatic nitrogens is 3. The van der Waals surface area contributed by atoms with Crippen LogP contribution in [-0.2, 0) is 11.3 Å². The molecule has 11 heteroatoms. The molecular weight excluding hydrogens is 489 g/mol. The van der Waals surface area contributed by atoms with Gasteiger partial charge in [-0.25, -0.2) is 14.8 Å². The molecule has 0 spiro atoms. The van der Waals surface area contributed by atoms with Crippen LogP contribution in [-0.4, -0.2) is 50.6 Å². The second-order valence-electron chi connectivity index (χ2n) is 11.0. The normalized spacial score (nSPS) is 30.0. The minimum Gasteiger partial charge on any atom is -0.476 e. The molecule has 0 amide bonds. The summed E-state index contributed by atoms with van der Waals surface area (Å²) in [5, 5.41) is 13.3. The van der Waals surface area contributed by atoms with E-state index in [-0.39, 0.29) is 42.8 Å². The van der Waals surface area contributed by atoms with E-state index in [1.165, 1.54) is 12.4 Å². The first kappa shape index (κ1) is 24.6. The molecule has 2 bridgehead atoms. The van der Waals surface area contributed by atoms with Gasteiger partial charge in [-0.2, -0.15) is 13.2 Å². The number of nitrogens with zero attached hydrogens (tertiary/aromatic N) is 4. The number of hydrogen-bond donors (Lipinski definition) is 1. The Balaban J connectivity index is 1.17. The highest BCUT2D eigenvalue weighted by Crippen LogP contribution is 2.50. The Morgan fingerprint density at radius 2 is 1.78 bits per heavy atom. The smallest absolute Gasteiger partial charge is 0.392 e. The van der Waals surface area contributed by atoms with Gasteiger partial charge in [0.1, 0.15) is 11.6 Å². The Bertz CT molecular complexity index is 1120. The van der Waals surface area contributed by atoms with Gasteiger partial charge < -0.3 is 19.3 Å². The summed E-state index contributed by atoms with van der Waals surface area (Å²) in [5.41, 5.74) is 1.11. The molecule has 4 unspecified atom stereocenters. The van der Waals surface area contributed by atoms with E-state index in [4.69, 9.17) is 14.4 Å². The van der Waals surface area contributed by atoms with Crippen LogP contribution in [0.25, 0.3) is 0 Å². The lowest BCUT2D eigenvalue weighted by molar-refractivity contribution is -0.187. The molecule has 4 atom stereocenters. The van der Waals surface area contributed by atoms with Crippen molar-refractivity contribution < 1.29 is 32.3 Å². The van der Waals surface area contributed by atoms with Crippen molar-refractivity contribution in [3.05, 3.63) is 35.1 Å². The number of fused-ring (bicyclic) bond motifs is 2. The average molecular weight is 521 g/mol. The zero-order valence-corrected chi connectivity index (χ0v) is 20.5. The van der Waals surface area contributed by atoms with Gasteiger partial charge in [0.05, 0.1) is 36.7 Å². The molecule has 0 radical (unpaired) electrons. The fourth-order valence-corrected chi connectivity index (χ4v) is 6.69. The van der Waals surface area contributed by atoms with Gasteiger partial charge >= 0.3 is 12.1 Å². The van der Waals surface area contributed by atoms with Crippen LogP contribution < -0.4 is 4.90 Å². The molecule has 2 aromatic heterocycles. The average Bonchev–Trinajstić information content (AvgIpc) is 3.58. The summed E-state index contributed by atoms with van der Waals surface area (Å²) < 4.78 is 53.6. The van der Waals surface area contributed by atoms with Gasteiger partial charge in [0.25, 0.3) is 0 Å². The first-order valence-corrected chi connectivity index (χ1v) is 13.3. The fraction of sp³-hybridized carbons (Fsp3) is 0.692. The molecular formula is C26H31F3N4O4. The van der Waals surface area contributed by atoms with Crippen LogP contribution in [0.3, 0.4) is 0 Å². The van der Waals surface area contributed by atoms with Crippen LogP contribution in [0.1, 0.15) is 104 Å². The highest BCUT2D eigenvalue weighted by atomic mass is 19.4. The highest BCUT2D eigenvalue weighted by Gasteiger charge is 2.49. The third-order valence-corrected chi connectivity index (χ3v) is 8.61. The van der Waals surface area contributed by atoms with E-state index in [0.29, 0.717) is 24.4 Å². The molecule has 1 N–H and O–H groups in total. The SMILES string of the molecule is O=C(O)c1cnc(N2C3CCC2CC(OCc2c(C4CCCCC4C(F)(F)F)noc2C2CC2)C3)cn1. The minimum absolute atomic E-state index is 0.0282. The van der Waals surface area contributed by atoms with Crippen molar-refractivity contribution in [2.45, 2.75) is 107 Å². The molecule has 37 heavy (non-hydrogen) atoms.